The van der Waals surface area contributed by atoms with Crippen LogP contribution in [0, 0.1) is 5.92 Å². The average Bonchev–Trinajstić information content (AvgIpc) is 2.78. The van der Waals surface area contributed by atoms with Gasteiger partial charge in [-0.05, 0) is 12.1 Å². The van der Waals surface area contributed by atoms with Crippen molar-refractivity contribution >= 4 is 35.0 Å². The van der Waals surface area contributed by atoms with Crippen LogP contribution in [0.2, 0.25) is 5.02 Å². The summed E-state index contributed by atoms with van der Waals surface area (Å²) >= 11 is 6.15. The number of rotatable bonds is 2. The summed E-state index contributed by atoms with van der Waals surface area (Å²) in [5.41, 5.74) is 0.641. The highest BCUT2D eigenvalue weighted by Crippen LogP contribution is 2.31. The highest BCUT2D eigenvalue weighted by molar-refractivity contribution is 6.33. The maximum absolute atomic E-state index is 12.6. The lowest BCUT2D eigenvalue weighted by atomic mass is 10.1. The van der Waals surface area contributed by atoms with E-state index in [1.165, 1.54) is 0 Å². The largest absolute Gasteiger partial charge is 0.354 e. The maximum atomic E-state index is 12.6. The van der Waals surface area contributed by atoms with E-state index in [4.69, 9.17) is 11.6 Å². The Bertz CT molecular complexity index is 649. The van der Waals surface area contributed by atoms with Crippen molar-refractivity contribution in [1.82, 2.24) is 10.2 Å². The first-order valence-electron chi connectivity index (χ1n) is 7.66. The van der Waals surface area contributed by atoms with Crippen molar-refractivity contribution in [2.24, 2.45) is 5.92 Å². The zero-order valence-electron chi connectivity index (χ0n) is 12.6. The Labute approximate surface area is 139 Å². The van der Waals surface area contributed by atoms with Crippen LogP contribution in [0.1, 0.15) is 12.8 Å². The van der Waals surface area contributed by atoms with Crippen LogP contribution in [-0.2, 0) is 14.4 Å². The van der Waals surface area contributed by atoms with Gasteiger partial charge in [-0.1, -0.05) is 23.7 Å². The molecule has 1 aromatic carbocycles. The summed E-state index contributed by atoms with van der Waals surface area (Å²) in [4.78, 5) is 39.5. The molecule has 0 saturated carbocycles. The summed E-state index contributed by atoms with van der Waals surface area (Å²) in [6.45, 7) is 1.68. The number of hydrogen-bond donors (Lipinski definition) is 1. The molecule has 0 aliphatic carbocycles. The van der Waals surface area contributed by atoms with Crippen LogP contribution in [0.25, 0.3) is 0 Å². The molecule has 0 bridgehead atoms. The molecule has 122 valence electrons. The van der Waals surface area contributed by atoms with Gasteiger partial charge in [0.2, 0.25) is 17.7 Å². The van der Waals surface area contributed by atoms with Crippen molar-refractivity contribution in [3.63, 3.8) is 0 Å². The maximum Gasteiger partial charge on any atom is 0.228 e. The van der Waals surface area contributed by atoms with Crippen LogP contribution < -0.4 is 10.2 Å². The van der Waals surface area contributed by atoms with Gasteiger partial charge in [0.15, 0.2) is 0 Å². The lowest BCUT2D eigenvalue weighted by Crippen LogP contribution is -2.39. The zero-order chi connectivity index (χ0) is 16.4. The van der Waals surface area contributed by atoms with E-state index in [2.05, 4.69) is 5.32 Å². The molecule has 7 heteroatoms. The van der Waals surface area contributed by atoms with Crippen LogP contribution >= 0.6 is 11.6 Å². The summed E-state index contributed by atoms with van der Waals surface area (Å²) < 4.78 is 0. The molecule has 1 aromatic rings. The van der Waals surface area contributed by atoms with E-state index in [-0.39, 0.29) is 30.1 Å². The number of amides is 3. The quantitative estimate of drug-likeness (QED) is 0.878. The summed E-state index contributed by atoms with van der Waals surface area (Å²) in [5, 5.41) is 3.24. The third-order valence-electron chi connectivity index (χ3n) is 4.24. The van der Waals surface area contributed by atoms with Crippen LogP contribution in [0.4, 0.5) is 5.69 Å². The fraction of sp³-hybridized carbons (Fsp3) is 0.438. The molecule has 2 saturated heterocycles. The Morgan fingerprint density at radius 1 is 1.22 bits per heavy atom. The van der Waals surface area contributed by atoms with Crippen molar-refractivity contribution in [3.05, 3.63) is 29.3 Å². The summed E-state index contributed by atoms with van der Waals surface area (Å²) in [7, 11) is 0. The number of hydrogen-bond acceptors (Lipinski definition) is 3. The van der Waals surface area contributed by atoms with E-state index in [0.29, 0.717) is 43.3 Å². The van der Waals surface area contributed by atoms with E-state index in [1.54, 1.807) is 28.0 Å². The fourth-order valence-corrected chi connectivity index (χ4v) is 3.26. The Kier molecular flexibility index (Phi) is 4.52. The van der Waals surface area contributed by atoms with Gasteiger partial charge in [0.25, 0.3) is 0 Å². The second-order valence-corrected chi connectivity index (χ2v) is 6.19. The number of benzene rings is 1. The zero-order valence-corrected chi connectivity index (χ0v) is 13.4. The third-order valence-corrected chi connectivity index (χ3v) is 4.56. The molecule has 0 aromatic heterocycles. The second-order valence-electron chi connectivity index (χ2n) is 5.78. The molecular weight excluding hydrogens is 318 g/mol. The van der Waals surface area contributed by atoms with Gasteiger partial charge in [-0.25, -0.2) is 0 Å². The van der Waals surface area contributed by atoms with E-state index in [9.17, 15) is 14.4 Å². The van der Waals surface area contributed by atoms with Crippen molar-refractivity contribution in [3.8, 4) is 0 Å². The van der Waals surface area contributed by atoms with Gasteiger partial charge in [0.05, 0.1) is 16.6 Å². The van der Waals surface area contributed by atoms with E-state index in [1.807, 2.05) is 6.07 Å². The molecule has 1 N–H and O–H groups in total. The second kappa shape index (κ2) is 6.58. The molecular formula is C16H18ClN3O3. The molecule has 2 aliphatic heterocycles. The fourth-order valence-electron chi connectivity index (χ4n) is 3.02. The van der Waals surface area contributed by atoms with E-state index >= 15 is 0 Å². The van der Waals surface area contributed by atoms with Gasteiger partial charge >= 0.3 is 0 Å². The standard InChI is InChI=1S/C16H18ClN3O3/c17-12-3-1-2-4-13(12)20-10-11(9-15(20)22)16(23)19-7-5-14(21)18-6-8-19/h1-4,11H,5-10H2,(H,18,21)/t11-/m0/s1. The van der Waals surface area contributed by atoms with Crippen molar-refractivity contribution < 1.29 is 14.4 Å². The van der Waals surface area contributed by atoms with Crippen LogP contribution in [0.15, 0.2) is 24.3 Å². The molecule has 0 spiro atoms. The summed E-state index contributed by atoms with van der Waals surface area (Å²) in [5.74, 6) is -0.586. The van der Waals surface area contributed by atoms with Crippen LogP contribution in [-0.4, -0.2) is 48.8 Å². The first-order chi connectivity index (χ1) is 11.1. The monoisotopic (exact) mass is 335 g/mol. The van der Waals surface area contributed by atoms with Crippen molar-refractivity contribution in [2.45, 2.75) is 12.8 Å². The number of carbonyl (C=O) groups excluding carboxylic acids is 3. The molecule has 0 radical (unpaired) electrons. The normalized spacial score (nSPS) is 22.0. The predicted molar refractivity (Wildman–Crippen MR) is 86.1 cm³/mol. The topological polar surface area (TPSA) is 69.7 Å². The molecule has 2 aliphatic rings. The van der Waals surface area contributed by atoms with Crippen molar-refractivity contribution in [1.29, 1.82) is 0 Å². The van der Waals surface area contributed by atoms with Gasteiger partial charge in [0.1, 0.15) is 0 Å². The summed E-state index contributed by atoms with van der Waals surface area (Å²) in [6, 6.07) is 7.12. The first-order valence-corrected chi connectivity index (χ1v) is 8.04. The molecule has 2 heterocycles. The predicted octanol–water partition coefficient (Wildman–Crippen LogP) is 1.04. The van der Waals surface area contributed by atoms with Crippen LogP contribution in [0.3, 0.4) is 0 Å². The Balaban J connectivity index is 1.71. The minimum Gasteiger partial charge on any atom is -0.354 e. The number of para-hydroxylation sites is 1. The van der Waals surface area contributed by atoms with Crippen LogP contribution in [0.5, 0.6) is 0 Å². The minimum atomic E-state index is -0.382. The minimum absolute atomic E-state index is 0.0412. The molecule has 1 atom stereocenters. The molecule has 0 unspecified atom stereocenters. The smallest absolute Gasteiger partial charge is 0.228 e. The first kappa shape index (κ1) is 15.8. The Morgan fingerprint density at radius 2 is 2.00 bits per heavy atom. The van der Waals surface area contributed by atoms with E-state index in [0.717, 1.165) is 0 Å². The van der Waals surface area contributed by atoms with Gasteiger partial charge < -0.3 is 15.1 Å². The molecule has 2 fully saturated rings. The third kappa shape index (κ3) is 3.32. The van der Waals surface area contributed by atoms with Gasteiger partial charge in [0, 0.05) is 39.0 Å². The molecule has 3 amide bonds. The highest BCUT2D eigenvalue weighted by Gasteiger charge is 2.38. The number of carbonyl (C=O) groups is 3. The Hall–Kier alpha value is -2.08. The number of nitrogens with zero attached hydrogens (tertiary/aromatic N) is 2. The summed E-state index contributed by atoms with van der Waals surface area (Å²) in [6.07, 6.45) is 0.489. The van der Waals surface area contributed by atoms with Gasteiger partial charge in [-0.3, -0.25) is 14.4 Å². The lowest BCUT2D eigenvalue weighted by molar-refractivity contribution is -0.135. The molecule has 3 rings (SSSR count). The van der Waals surface area contributed by atoms with Gasteiger partial charge in [-0.2, -0.15) is 0 Å². The highest BCUT2D eigenvalue weighted by atomic mass is 35.5. The average molecular weight is 336 g/mol. The van der Waals surface area contributed by atoms with E-state index < -0.39 is 0 Å². The SMILES string of the molecule is O=C1CCN(C(=O)[C@H]2CC(=O)N(c3ccccc3Cl)C2)CCN1. The Morgan fingerprint density at radius 3 is 2.78 bits per heavy atom. The van der Waals surface area contributed by atoms with Crippen molar-refractivity contribution in [2.75, 3.05) is 31.1 Å². The lowest BCUT2D eigenvalue weighted by Gasteiger charge is -2.23. The molecule has 23 heavy (non-hydrogen) atoms. The molecule has 6 nitrogen and oxygen atoms in total. The number of halogens is 1. The number of nitrogens with one attached hydrogen (secondary N) is 1. The number of anilines is 1. The van der Waals surface area contributed by atoms with Gasteiger partial charge in [-0.15, -0.1) is 0 Å².